The quantitative estimate of drug-likeness (QED) is 0.864. The molecular weight excluding hydrogens is 307 g/mol. The van der Waals surface area contributed by atoms with Crippen molar-refractivity contribution in [3.8, 4) is 0 Å². The molecular formula is C12H14F3N3O4. The molecule has 2 bridgehead atoms. The smallest absolute Gasteiger partial charge is 0.342 e. The van der Waals surface area contributed by atoms with Gasteiger partial charge < -0.3 is 19.5 Å². The molecule has 3 aliphatic heterocycles. The maximum atomic E-state index is 12.4. The van der Waals surface area contributed by atoms with Crippen molar-refractivity contribution in [3.05, 3.63) is 17.5 Å². The van der Waals surface area contributed by atoms with Gasteiger partial charge in [0.15, 0.2) is 5.69 Å². The number of aromatic amines is 1. The molecule has 4 rings (SSSR count). The Kier molecular flexibility index (Phi) is 3.42. The summed E-state index contributed by atoms with van der Waals surface area (Å²) in [6.07, 6.45) is -4.59. The summed E-state index contributed by atoms with van der Waals surface area (Å²) in [6, 6.07) is 0.633. The Bertz CT molecular complexity index is 562. The van der Waals surface area contributed by atoms with E-state index in [-0.39, 0.29) is 17.7 Å². The second-order valence-corrected chi connectivity index (χ2v) is 5.71. The maximum absolute atomic E-state index is 12.4. The fourth-order valence-electron chi connectivity index (χ4n) is 2.12. The summed E-state index contributed by atoms with van der Waals surface area (Å²) in [5, 5.41) is 7.51. The van der Waals surface area contributed by atoms with Gasteiger partial charge in [0, 0.05) is 11.5 Å². The predicted octanol–water partition coefficient (Wildman–Crippen LogP) is 0.895. The van der Waals surface area contributed by atoms with E-state index >= 15 is 0 Å². The van der Waals surface area contributed by atoms with Crippen LogP contribution >= 0.6 is 0 Å². The molecule has 3 fully saturated rings. The van der Waals surface area contributed by atoms with E-state index in [4.69, 9.17) is 14.2 Å². The first kappa shape index (κ1) is 15.3. The summed E-state index contributed by atoms with van der Waals surface area (Å²) in [5.74, 6) is -2.16. The van der Waals surface area contributed by atoms with Gasteiger partial charge in [-0.3, -0.25) is 9.89 Å². The van der Waals surface area contributed by atoms with Gasteiger partial charge in [0.2, 0.25) is 0 Å². The third kappa shape index (κ3) is 2.81. The third-order valence-corrected chi connectivity index (χ3v) is 3.50. The number of amides is 1. The lowest BCUT2D eigenvalue weighted by molar-refractivity contribution is -0.461. The molecule has 0 atom stereocenters. The topological polar surface area (TPSA) is 85.5 Å². The van der Waals surface area contributed by atoms with Crippen molar-refractivity contribution >= 4 is 5.91 Å². The standard InChI is InChI=1S/C12H14F3N3O4/c1-10-4-20-11(21-5-10,22-6-10)3-16-9(19)7-2-8(18-17-7)12(13,14)15/h2H,3-6H2,1H3,(H,16,19)(H,17,18). The van der Waals surface area contributed by atoms with Crippen molar-refractivity contribution in [2.45, 2.75) is 19.1 Å². The van der Waals surface area contributed by atoms with Crippen LogP contribution in [0.2, 0.25) is 0 Å². The van der Waals surface area contributed by atoms with Crippen molar-refractivity contribution in [3.63, 3.8) is 0 Å². The molecule has 3 aliphatic rings. The molecule has 0 spiro atoms. The minimum Gasteiger partial charge on any atom is -0.342 e. The van der Waals surface area contributed by atoms with Crippen LogP contribution in [0, 0.1) is 5.41 Å². The van der Waals surface area contributed by atoms with Gasteiger partial charge in [-0.1, -0.05) is 6.92 Å². The van der Waals surface area contributed by atoms with E-state index < -0.39 is 23.8 Å². The number of halogens is 3. The van der Waals surface area contributed by atoms with Crippen LogP contribution in [0.4, 0.5) is 13.2 Å². The minimum atomic E-state index is -4.59. The maximum Gasteiger partial charge on any atom is 0.432 e. The highest BCUT2D eigenvalue weighted by Gasteiger charge is 2.50. The lowest BCUT2D eigenvalue weighted by Gasteiger charge is -2.50. The van der Waals surface area contributed by atoms with Crippen LogP contribution in [0.1, 0.15) is 23.1 Å². The summed E-state index contributed by atoms with van der Waals surface area (Å²) in [7, 11) is 0. The highest BCUT2D eigenvalue weighted by Crippen LogP contribution is 2.37. The van der Waals surface area contributed by atoms with Crippen molar-refractivity contribution < 1.29 is 32.2 Å². The monoisotopic (exact) mass is 321 g/mol. The van der Waals surface area contributed by atoms with E-state index in [0.29, 0.717) is 25.9 Å². The van der Waals surface area contributed by atoms with Crippen LogP contribution in [-0.2, 0) is 20.4 Å². The lowest BCUT2D eigenvalue weighted by Crippen LogP contribution is -2.62. The molecule has 7 nitrogen and oxygen atoms in total. The fourth-order valence-corrected chi connectivity index (χ4v) is 2.12. The Morgan fingerprint density at radius 1 is 1.36 bits per heavy atom. The zero-order chi connectivity index (χ0) is 16.0. The van der Waals surface area contributed by atoms with E-state index in [1.165, 1.54) is 0 Å². The van der Waals surface area contributed by atoms with Crippen LogP contribution in [0.3, 0.4) is 0 Å². The molecule has 1 aromatic rings. The van der Waals surface area contributed by atoms with Crippen LogP contribution < -0.4 is 5.32 Å². The normalized spacial score (nSPS) is 31.3. The van der Waals surface area contributed by atoms with Gasteiger partial charge in [0.25, 0.3) is 5.91 Å². The molecule has 10 heteroatoms. The lowest BCUT2D eigenvalue weighted by atomic mass is 9.92. The van der Waals surface area contributed by atoms with Gasteiger partial charge in [0.05, 0.1) is 26.4 Å². The Morgan fingerprint density at radius 3 is 2.45 bits per heavy atom. The average molecular weight is 321 g/mol. The molecule has 1 amide bonds. The second kappa shape index (κ2) is 4.93. The van der Waals surface area contributed by atoms with Crippen LogP contribution in [0.25, 0.3) is 0 Å². The van der Waals surface area contributed by atoms with Gasteiger partial charge in [-0.15, -0.1) is 0 Å². The molecule has 1 aromatic heterocycles. The Labute approximate surface area is 123 Å². The van der Waals surface area contributed by atoms with Crippen LogP contribution in [-0.4, -0.2) is 48.4 Å². The number of ether oxygens (including phenoxy) is 3. The molecule has 0 unspecified atom stereocenters. The molecule has 3 saturated heterocycles. The van der Waals surface area contributed by atoms with Gasteiger partial charge in [-0.25, -0.2) is 0 Å². The molecule has 2 N–H and O–H groups in total. The number of carbonyl (C=O) groups is 1. The van der Waals surface area contributed by atoms with Crippen LogP contribution in [0.15, 0.2) is 6.07 Å². The zero-order valence-corrected chi connectivity index (χ0v) is 11.6. The van der Waals surface area contributed by atoms with Gasteiger partial charge in [-0.05, 0) is 0 Å². The minimum absolute atomic E-state index is 0.143. The first-order valence-corrected chi connectivity index (χ1v) is 6.54. The number of alkyl halides is 3. The van der Waals surface area contributed by atoms with Crippen molar-refractivity contribution in [2.24, 2.45) is 5.41 Å². The van der Waals surface area contributed by atoms with Crippen LogP contribution in [0.5, 0.6) is 0 Å². The van der Waals surface area contributed by atoms with Gasteiger partial charge in [-0.2, -0.15) is 18.3 Å². The Morgan fingerprint density at radius 2 is 1.95 bits per heavy atom. The van der Waals surface area contributed by atoms with E-state index in [9.17, 15) is 18.0 Å². The SMILES string of the molecule is CC12COC(CNC(=O)c3cc(C(F)(F)F)[nH]n3)(OC1)OC2. The number of rotatable bonds is 3. The fraction of sp³-hybridized carbons (Fsp3) is 0.667. The summed E-state index contributed by atoms with van der Waals surface area (Å²) in [6.45, 7) is 3.06. The van der Waals surface area contributed by atoms with Crippen molar-refractivity contribution in [1.82, 2.24) is 15.5 Å². The number of nitrogens with one attached hydrogen (secondary N) is 2. The van der Waals surface area contributed by atoms with E-state index in [2.05, 4.69) is 10.4 Å². The summed E-state index contributed by atoms with van der Waals surface area (Å²) in [4.78, 5) is 11.8. The summed E-state index contributed by atoms with van der Waals surface area (Å²) < 4.78 is 53.6. The van der Waals surface area contributed by atoms with E-state index in [1.54, 1.807) is 5.10 Å². The number of fused-ring (bicyclic) bond motifs is 3. The first-order valence-electron chi connectivity index (χ1n) is 6.54. The average Bonchev–Trinajstić information content (AvgIpc) is 2.96. The number of aromatic nitrogens is 2. The predicted molar refractivity (Wildman–Crippen MR) is 64.6 cm³/mol. The Balaban J connectivity index is 1.60. The summed E-state index contributed by atoms with van der Waals surface area (Å²) in [5.41, 5.74) is -1.68. The number of hydrogen-bond acceptors (Lipinski definition) is 5. The Hall–Kier alpha value is -1.65. The molecule has 0 radical (unpaired) electrons. The third-order valence-electron chi connectivity index (χ3n) is 3.50. The molecule has 4 heterocycles. The number of hydrogen-bond donors (Lipinski definition) is 2. The van der Waals surface area contributed by atoms with Crippen molar-refractivity contribution in [2.75, 3.05) is 26.4 Å². The molecule has 122 valence electrons. The summed E-state index contributed by atoms with van der Waals surface area (Å²) >= 11 is 0. The van der Waals surface area contributed by atoms with Crippen molar-refractivity contribution in [1.29, 1.82) is 0 Å². The number of nitrogens with zero attached hydrogens (tertiary/aromatic N) is 1. The van der Waals surface area contributed by atoms with E-state index in [1.807, 2.05) is 6.92 Å². The number of H-pyrrole nitrogens is 1. The largest absolute Gasteiger partial charge is 0.432 e. The van der Waals surface area contributed by atoms with E-state index in [0.717, 1.165) is 0 Å². The van der Waals surface area contributed by atoms with Gasteiger partial charge >= 0.3 is 12.1 Å². The number of carbonyl (C=O) groups excluding carboxylic acids is 1. The van der Waals surface area contributed by atoms with Gasteiger partial charge in [0.1, 0.15) is 5.69 Å². The highest BCUT2D eigenvalue weighted by molar-refractivity contribution is 5.92. The second-order valence-electron chi connectivity index (χ2n) is 5.71. The molecule has 0 aliphatic carbocycles. The molecule has 0 saturated carbocycles. The molecule has 22 heavy (non-hydrogen) atoms. The zero-order valence-electron chi connectivity index (χ0n) is 11.6. The first-order chi connectivity index (χ1) is 10.2. The molecule has 0 aromatic carbocycles. The highest BCUT2D eigenvalue weighted by atomic mass is 19.4.